The van der Waals surface area contributed by atoms with Crippen LogP contribution in [0.2, 0.25) is 0 Å². The number of aliphatic hydroxyl groups excluding tert-OH is 1. The lowest BCUT2D eigenvalue weighted by Crippen LogP contribution is -2.37. The van der Waals surface area contributed by atoms with Crippen molar-refractivity contribution in [1.29, 1.82) is 0 Å². The number of hydrogen-bond donors (Lipinski definition) is 1. The first-order valence-electron chi connectivity index (χ1n) is 6.34. The van der Waals surface area contributed by atoms with Crippen molar-refractivity contribution < 1.29 is 14.8 Å². The molecule has 1 heterocycles. The number of nitro groups is 1. The average Bonchev–Trinajstić information content (AvgIpc) is 2.73. The van der Waals surface area contributed by atoms with Crippen LogP contribution in [-0.4, -0.2) is 63.7 Å². The van der Waals surface area contributed by atoms with Gasteiger partial charge in [-0.05, 0) is 32.9 Å². The minimum absolute atomic E-state index is 0.187. The predicted molar refractivity (Wildman–Crippen MR) is 73.5 cm³/mol. The van der Waals surface area contributed by atoms with Crippen molar-refractivity contribution in [2.24, 2.45) is 0 Å². The Hall–Kier alpha value is -1.51. The molecule has 1 unspecified atom stereocenters. The molecular formula is C12H22N4O4. The van der Waals surface area contributed by atoms with Gasteiger partial charge in [-0.2, -0.15) is 4.68 Å². The van der Waals surface area contributed by atoms with Crippen molar-refractivity contribution in [2.45, 2.75) is 32.1 Å². The zero-order valence-corrected chi connectivity index (χ0v) is 12.3. The molecule has 1 aromatic rings. The largest absolute Gasteiger partial charge is 0.389 e. The van der Waals surface area contributed by atoms with E-state index in [1.165, 1.54) is 10.7 Å². The number of aromatic nitrogens is 2. The fourth-order valence-electron chi connectivity index (χ4n) is 1.77. The Kier molecular flexibility index (Phi) is 5.61. The Bertz CT molecular complexity index is 444. The highest BCUT2D eigenvalue weighted by atomic mass is 16.6. The lowest BCUT2D eigenvalue weighted by atomic mass is 10.1. The van der Waals surface area contributed by atoms with Gasteiger partial charge in [0.05, 0.1) is 42.2 Å². The van der Waals surface area contributed by atoms with Crippen LogP contribution >= 0.6 is 0 Å². The summed E-state index contributed by atoms with van der Waals surface area (Å²) in [4.78, 5) is 11.9. The van der Waals surface area contributed by atoms with Crippen LogP contribution in [0.4, 0.5) is 5.82 Å². The topological polar surface area (TPSA) is 93.7 Å². The minimum atomic E-state index is -0.576. The van der Waals surface area contributed by atoms with Crippen LogP contribution in [0.1, 0.15) is 13.8 Å². The van der Waals surface area contributed by atoms with Gasteiger partial charge in [-0.1, -0.05) is 0 Å². The lowest BCUT2D eigenvalue weighted by molar-refractivity contribution is -0.389. The first-order chi connectivity index (χ1) is 9.19. The number of likely N-dealkylation sites (N-methyl/N-ethyl adjacent to an activating group) is 1. The van der Waals surface area contributed by atoms with Crippen molar-refractivity contribution in [3.05, 3.63) is 22.4 Å². The van der Waals surface area contributed by atoms with Crippen molar-refractivity contribution in [2.75, 3.05) is 27.2 Å². The van der Waals surface area contributed by atoms with Gasteiger partial charge < -0.3 is 24.9 Å². The summed E-state index contributed by atoms with van der Waals surface area (Å²) in [6, 6.07) is 1.34. The molecule has 1 aromatic heterocycles. The fraction of sp³-hybridized carbons (Fsp3) is 0.750. The highest BCUT2D eigenvalue weighted by molar-refractivity contribution is 5.14. The summed E-state index contributed by atoms with van der Waals surface area (Å²) < 4.78 is 7.13. The van der Waals surface area contributed by atoms with Crippen LogP contribution in [0.25, 0.3) is 0 Å². The van der Waals surface area contributed by atoms with Gasteiger partial charge in [0.25, 0.3) is 0 Å². The van der Waals surface area contributed by atoms with Gasteiger partial charge in [0, 0.05) is 6.54 Å². The zero-order valence-electron chi connectivity index (χ0n) is 12.3. The van der Waals surface area contributed by atoms with Crippen LogP contribution in [0, 0.1) is 10.1 Å². The molecule has 114 valence electrons. The first kappa shape index (κ1) is 16.5. The van der Waals surface area contributed by atoms with Crippen LogP contribution < -0.4 is 0 Å². The molecule has 20 heavy (non-hydrogen) atoms. The molecule has 0 fully saturated rings. The van der Waals surface area contributed by atoms with Crippen LogP contribution in [-0.2, 0) is 11.3 Å². The Morgan fingerprint density at radius 2 is 2.25 bits per heavy atom. The number of aliphatic hydroxyl groups is 1. The Labute approximate surface area is 118 Å². The lowest BCUT2D eigenvalue weighted by Gasteiger charge is -2.26. The van der Waals surface area contributed by atoms with Crippen LogP contribution in [0.5, 0.6) is 0 Å². The first-order valence-corrected chi connectivity index (χ1v) is 6.34. The molecule has 0 bridgehead atoms. The molecule has 0 spiro atoms. The molecule has 0 saturated heterocycles. The molecule has 0 aliphatic carbocycles. The van der Waals surface area contributed by atoms with E-state index in [0.29, 0.717) is 13.1 Å². The van der Waals surface area contributed by atoms with Gasteiger partial charge in [0.2, 0.25) is 0 Å². The summed E-state index contributed by atoms with van der Waals surface area (Å²) in [5.74, 6) is -0.187. The summed E-state index contributed by atoms with van der Waals surface area (Å²) in [6.45, 7) is 4.79. The molecule has 8 nitrogen and oxygen atoms in total. The highest BCUT2D eigenvalue weighted by Crippen LogP contribution is 2.14. The van der Waals surface area contributed by atoms with Gasteiger partial charge in [0.1, 0.15) is 0 Å². The van der Waals surface area contributed by atoms with Crippen molar-refractivity contribution in [1.82, 2.24) is 14.7 Å². The number of rotatable bonds is 8. The zero-order chi connectivity index (χ0) is 15.3. The predicted octanol–water partition coefficient (Wildman–Crippen LogP) is 0.509. The van der Waals surface area contributed by atoms with E-state index in [2.05, 4.69) is 5.10 Å². The third kappa shape index (κ3) is 5.64. The van der Waals surface area contributed by atoms with Crippen LogP contribution in [0.3, 0.4) is 0 Å². The molecule has 1 N–H and O–H groups in total. The van der Waals surface area contributed by atoms with Crippen molar-refractivity contribution >= 4 is 5.82 Å². The molecule has 0 amide bonds. The Morgan fingerprint density at radius 1 is 1.60 bits per heavy atom. The molecule has 1 rings (SSSR count). The number of nitrogens with zero attached hydrogens (tertiary/aromatic N) is 4. The number of ether oxygens (including phenoxy) is 1. The van der Waals surface area contributed by atoms with E-state index in [1.807, 2.05) is 32.8 Å². The summed E-state index contributed by atoms with van der Waals surface area (Å²) in [5.41, 5.74) is -0.576. The second-order valence-corrected chi connectivity index (χ2v) is 5.62. The third-order valence-corrected chi connectivity index (χ3v) is 2.60. The molecule has 0 radical (unpaired) electrons. The average molecular weight is 286 g/mol. The van der Waals surface area contributed by atoms with Crippen molar-refractivity contribution in [3.63, 3.8) is 0 Å². The maximum Gasteiger partial charge on any atom is 0.389 e. The fourth-order valence-corrected chi connectivity index (χ4v) is 1.77. The molecule has 1 atom stereocenters. The second kappa shape index (κ2) is 6.78. The molecule has 8 heteroatoms. The van der Waals surface area contributed by atoms with Gasteiger partial charge in [-0.3, -0.25) is 0 Å². The third-order valence-electron chi connectivity index (χ3n) is 2.60. The van der Waals surface area contributed by atoms with E-state index in [1.54, 1.807) is 6.20 Å². The van der Waals surface area contributed by atoms with Gasteiger partial charge in [-0.15, -0.1) is 0 Å². The van der Waals surface area contributed by atoms with E-state index in [9.17, 15) is 15.2 Å². The van der Waals surface area contributed by atoms with E-state index in [4.69, 9.17) is 4.74 Å². The van der Waals surface area contributed by atoms with Gasteiger partial charge >= 0.3 is 5.82 Å². The highest BCUT2D eigenvalue weighted by Gasteiger charge is 2.24. The van der Waals surface area contributed by atoms with E-state index in [-0.39, 0.29) is 12.4 Å². The minimum Gasteiger partial charge on any atom is -0.389 e. The van der Waals surface area contributed by atoms with E-state index < -0.39 is 16.6 Å². The Morgan fingerprint density at radius 3 is 2.75 bits per heavy atom. The normalized spacial score (nSPS) is 13.7. The van der Waals surface area contributed by atoms with Crippen molar-refractivity contribution in [3.8, 4) is 0 Å². The van der Waals surface area contributed by atoms with Gasteiger partial charge in [0.15, 0.2) is 0 Å². The SMILES string of the molecule is CN(C)CC(O)COC(C)(C)Cn1ccc([N+](=O)[O-])n1. The summed E-state index contributed by atoms with van der Waals surface area (Å²) >= 11 is 0. The van der Waals surface area contributed by atoms with Crippen LogP contribution in [0.15, 0.2) is 12.3 Å². The number of hydrogen-bond acceptors (Lipinski definition) is 6. The summed E-state index contributed by atoms with van der Waals surface area (Å²) in [7, 11) is 3.74. The second-order valence-electron chi connectivity index (χ2n) is 5.62. The molecule has 0 saturated carbocycles. The quantitative estimate of drug-likeness (QED) is 0.553. The molecule has 0 aliphatic heterocycles. The maximum absolute atomic E-state index is 10.6. The molecule has 0 aliphatic rings. The Balaban J connectivity index is 2.49. The van der Waals surface area contributed by atoms with E-state index >= 15 is 0 Å². The molecule has 0 aromatic carbocycles. The standard InChI is InChI=1S/C12H22N4O4/c1-12(2,20-8-10(17)7-14(3)4)9-15-6-5-11(13-15)16(18)19/h5-6,10,17H,7-9H2,1-4H3. The smallest absolute Gasteiger partial charge is 0.389 e. The molecular weight excluding hydrogens is 264 g/mol. The summed E-state index contributed by atoms with van der Waals surface area (Å²) in [6.07, 6.45) is 0.968. The maximum atomic E-state index is 10.6. The summed E-state index contributed by atoms with van der Waals surface area (Å²) in [5, 5.41) is 24.1. The monoisotopic (exact) mass is 286 g/mol. The van der Waals surface area contributed by atoms with Gasteiger partial charge in [-0.25, -0.2) is 0 Å². The van der Waals surface area contributed by atoms with E-state index in [0.717, 1.165) is 0 Å².